The third kappa shape index (κ3) is 8.38. The third-order valence-electron chi connectivity index (χ3n) is 10.4. The number of rotatable bonds is 10. The number of benzene rings is 7. The second kappa shape index (κ2) is 17.3. The number of aromatic nitrogens is 4. The minimum atomic E-state index is -1.67. The van der Waals surface area contributed by atoms with Crippen molar-refractivity contribution >= 4 is 32.8 Å². The van der Waals surface area contributed by atoms with E-state index < -0.39 is 72.2 Å². The van der Waals surface area contributed by atoms with Crippen LogP contribution in [0.3, 0.4) is 0 Å². The number of nitrogens with zero attached hydrogens (tertiary/aromatic N) is 4. The Labute approximate surface area is 401 Å². The van der Waals surface area contributed by atoms with E-state index in [1.807, 2.05) is 86.0 Å². The Morgan fingerprint density at radius 2 is 1.41 bits per heavy atom. The van der Waals surface area contributed by atoms with Crippen LogP contribution in [0.1, 0.15) is 62.2 Å². The summed E-state index contributed by atoms with van der Waals surface area (Å²) < 4.78 is 118. The van der Waals surface area contributed by atoms with E-state index in [2.05, 4.69) is 32.3 Å². The zero-order valence-corrected chi connectivity index (χ0v) is 37.5. The third-order valence-corrected chi connectivity index (χ3v) is 10.4. The van der Waals surface area contributed by atoms with Gasteiger partial charge in [0.25, 0.3) is 6.33 Å². The van der Waals surface area contributed by atoms with E-state index in [4.69, 9.17) is 26.2 Å². The maximum Gasteiger partial charge on any atom is 0.268 e. The van der Waals surface area contributed by atoms with Crippen LogP contribution in [0.5, 0.6) is 11.5 Å². The van der Waals surface area contributed by atoms with Crippen molar-refractivity contribution in [2.45, 2.75) is 47.4 Å². The van der Waals surface area contributed by atoms with Gasteiger partial charge in [-0.2, -0.15) is 18.2 Å². The van der Waals surface area contributed by atoms with E-state index in [0.29, 0.717) is 45.1 Å². The molecule has 0 fully saturated rings. The first-order valence-electron chi connectivity index (χ1n) is 26.5. The molecule has 0 radical (unpaired) electrons. The molecule has 10 rings (SSSR count). The molecule has 63 heavy (non-hydrogen) atoms. The Bertz CT molecular complexity index is 3790. The van der Waals surface area contributed by atoms with Gasteiger partial charge in [0.05, 0.1) is 30.4 Å². The van der Waals surface area contributed by atoms with Crippen LogP contribution in [0, 0.1) is 29.8 Å². The van der Waals surface area contributed by atoms with Gasteiger partial charge in [-0.05, 0) is 87.3 Å². The minimum absolute atomic E-state index is 0. The van der Waals surface area contributed by atoms with Crippen LogP contribution < -0.4 is 9.30 Å². The molecule has 0 aliphatic carbocycles. The molecule has 0 amide bonds. The number of fused-ring (bicyclic) bond motifs is 4. The van der Waals surface area contributed by atoms with Gasteiger partial charge in [-0.15, -0.1) is 29.7 Å². The summed E-state index contributed by atoms with van der Waals surface area (Å²) >= 11 is 0. The monoisotopic (exact) mass is 1010 g/mol. The fourth-order valence-corrected chi connectivity index (χ4v) is 8.02. The summed E-state index contributed by atoms with van der Waals surface area (Å²) in [6.45, 7) is 9.83. The molecule has 5 nitrogen and oxygen atoms in total. The van der Waals surface area contributed by atoms with Crippen molar-refractivity contribution in [3.8, 4) is 50.9 Å². The molecular weight excluding hydrogens is 952 g/mol. The van der Waals surface area contributed by atoms with Gasteiger partial charge in [0.2, 0.25) is 0 Å². The van der Waals surface area contributed by atoms with Crippen LogP contribution in [-0.2, 0) is 33.9 Å². The molecule has 0 aliphatic rings. The Morgan fingerprint density at radius 1 is 0.714 bits per heavy atom. The molecule has 0 spiro atoms. The first-order chi connectivity index (χ1) is 35.1. The second-order valence-corrected chi connectivity index (χ2v) is 16.6. The van der Waals surface area contributed by atoms with Crippen LogP contribution in [-0.4, -0.2) is 14.1 Å². The largest absolute Gasteiger partial charge is 0.510 e. The zero-order valence-electron chi connectivity index (χ0n) is 47.2. The van der Waals surface area contributed by atoms with Crippen molar-refractivity contribution in [1.29, 1.82) is 0 Å². The van der Waals surface area contributed by atoms with Crippen LogP contribution in [0.15, 0.2) is 170 Å². The van der Waals surface area contributed by atoms with Gasteiger partial charge >= 0.3 is 0 Å². The Morgan fingerprint density at radius 3 is 2.13 bits per heavy atom. The van der Waals surface area contributed by atoms with Gasteiger partial charge in [-0.25, -0.2) is 4.98 Å². The van der Waals surface area contributed by atoms with Gasteiger partial charge in [0.15, 0.2) is 0 Å². The molecule has 314 valence electrons. The minimum Gasteiger partial charge on any atom is -0.510 e. The van der Waals surface area contributed by atoms with Crippen LogP contribution in [0.4, 0.5) is 0 Å². The molecule has 3 aromatic heterocycles. The predicted octanol–water partition coefficient (Wildman–Crippen LogP) is 13.7. The van der Waals surface area contributed by atoms with E-state index in [1.165, 1.54) is 0 Å². The summed E-state index contributed by atoms with van der Waals surface area (Å²) in [5.41, 5.74) is 4.08. The van der Waals surface area contributed by atoms with Crippen LogP contribution in [0.25, 0.3) is 72.3 Å². The van der Waals surface area contributed by atoms with E-state index in [-0.39, 0.29) is 54.9 Å². The number of pyridine rings is 1. The van der Waals surface area contributed by atoms with Crippen molar-refractivity contribution in [1.82, 2.24) is 14.1 Å². The maximum absolute atomic E-state index is 9.08. The number of hydrogen-bond donors (Lipinski definition) is 0. The van der Waals surface area contributed by atoms with Crippen molar-refractivity contribution in [2.75, 3.05) is 0 Å². The van der Waals surface area contributed by atoms with E-state index in [0.717, 1.165) is 28.3 Å². The molecule has 0 bridgehead atoms. The average molecular weight is 1010 g/mol. The first-order valence-corrected chi connectivity index (χ1v) is 20.5. The van der Waals surface area contributed by atoms with Crippen molar-refractivity contribution in [3.63, 3.8) is 0 Å². The number of ether oxygens (including phenoxy) is 1. The fourth-order valence-electron chi connectivity index (χ4n) is 8.02. The van der Waals surface area contributed by atoms with Gasteiger partial charge in [-0.1, -0.05) is 155 Å². The quantitative estimate of drug-likeness (QED) is 0.101. The molecular formula is C57H48N4OPt-2. The van der Waals surface area contributed by atoms with Crippen LogP contribution >= 0.6 is 0 Å². The number of para-hydroxylation sites is 2. The van der Waals surface area contributed by atoms with Gasteiger partial charge < -0.3 is 13.9 Å². The average Bonchev–Trinajstić information content (AvgIpc) is 3.91. The van der Waals surface area contributed by atoms with E-state index in [9.17, 15) is 0 Å². The normalized spacial score (nSPS) is 14.6. The Hall–Kier alpha value is -6.55. The molecule has 0 N–H and O–H groups in total. The van der Waals surface area contributed by atoms with Gasteiger partial charge in [-0.3, -0.25) is 4.57 Å². The standard InChI is InChI=1S/C57H48N4O.Pt/c1-39(2)32-40-26-29-52-54(33-40)59(38-60(52)56-47(42-16-8-6-9-17-42)23-15-24-48(56)43-18-10-7-11-19-43)44-20-14-21-45(35-44)62-46-27-28-50-49-22-12-13-25-51(49)61(53(50)36-46)55-34-41(30-31-58-55)37-57(3,4)5;/h6-31,33-34,39H,32,37H2,1-5H3;/q-2;/i6D,7D,8D,9D,10D,11D,16D,17D,18D,19D,37D2;. The van der Waals surface area contributed by atoms with E-state index in [1.54, 1.807) is 57.8 Å². The molecule has 10 aromatic rings. The summed E-state index contributed by atoms with van der Waals surface area (Å²) in [7, 11) is 0. The predicted molar refractivity (Wildman–Crippen MR) is 253 cm³/mol. The molecule has 0 atom stereocenters. The molecule has 0 saturated carbocycles. The van der Waals surface area contributed by atoms with E-state index >= 15 is 0 Å². The summed E-state index contributed by atoms with van der Waals surface area (Å²) in [5, 5.41) is 1.84. The summed E-state index contributed by atoms with van der Waals surface area (Å²) in [6.07, 6.45) is 4.14. The van der Waals surface area contributed by atoms with Gasteiger partial charge in [0, 0.05) is 47.0 Å². The number of hydrogen-bond acceptors (Lipinski definition) is 2. The van der Waals surface area contributed by atoms with Crippen molar-refractivity contribution in [3.05, 3.63) is 199 Å². The maximum atomic E-state index is 9.08. The van der Waals surface area contributed by atoms with Crippen LogP contribution in [0.2, 0.25) is 0 Å². The molecule has 0 aliphatic heterocycles. The Kier molecular flexibility index (Phi) is 8.16. The fraction of sp³-hybridized carbons (Fsp3) is 0.158. The molecule has 7 aromatic carbocycles. The summed E-state index contributed by atoms with van der Waals surface area (Å²) in [5.74, 6) is 1.49. The Balaban J connectivity index is 0.00000689. The SMILES string of the molecule is [2H]c1c([2H])c([2H])c(-c2cccc(-c3c([2H])c([2H])c([2H])c([2H])c3[2H])c2-[n+]2[c-]n(-c3[c-]c(Oc4[c-]c5c(cc4)c4ccccc4n5-c4cc(C([2H])([2H])C(C)(C)C)ccn4)ccc3)c3cc(CC(C)C)ccc32)c([2H])c1[2H].[Pt]. The summed E-state index contributed by atoms with van der Waals surface area (Å²) in [6, 6.07) is 32.7. The van der Waals surface area contributed by atoms with Crippen molar-refractivity contribution in [2.24, 2.45) is 11.3 Å². The zero-order chi connectivity index (χ0) is 52.9. The molecule has 3 heterocycles. The summed E-state index contributed by atoms with van der Waals surface area (Å²) in [4.78, 5) is 4.73. The molecule has 6 heteroatoms. The smallest absolute Gasteiger partial charge is 0.268 e. The first kappa shape index (κ1) is 29.7. The second-order valence-electron chi connectivity index (χ2n) is 16.6. The molecule has 0 unspecified atom stereocenters. The van der Waals surface area contributed by atoms with Gasteiger partial charge in [0.1, 0.15) is 5.82 Å². The molecule has 0 saturated heterocycles. The number of imidazole rings is 1. The topological polar surface area (TPSA) is 35.9 Å². The van der Waals surface area contributed by atoms with Crippen molar-refractivity contribution < 1.29 is 46.8 Å².